The molecule has 3 heteroatoms. The topological polar surface area (TPSA) is 29.5 Å². The van der Waals surface area contributed by atoms with Crippen molar-refractivity contribution in [1.82, 2.24) is 4.90 Å². The van der Waals surface area contributed by atoms with Crippen molar-refractivity contribution in [1.29, 1.82) is 0 Å². The zero-order valence-corrected chi connectivity index (χ0v) is 12.9. The van der Waals surface area contributed by atoms with E-state index in [0.717, 1.165) is 31.8 Å². The lowest BCUT2D eigenvalue weighted by Gasteiger charge is -2.35. The number of piperidine rings is 1. The molecule has 1 amide bonds. The molecule has 1 aliphatic heterocycles. The van der Waals surface area contributed by atoms with Gasteiger partial charge in [-0.15, -0.1) is 0 Å². The van der Waals surface area contributed by atoms with Gasteiger partial charge in [-0.2, -0.15) is 0 Å². The van der Waals surface area contributed by atoms with E-state index in [4.69, 9.17) is 4.74 Å². The second kappa shape index (κ2) is 5.50. The van der Waals surface area contributed by atoms with Crippen molar-refractivity contribution in [3.8, 4) is 0 Å². The molecule has 0 aromatic rings. The van der Waals surface area contributed by atoms with Crippen LogP contribution in [0.5, 0.6) is 0 Å². The first kappa shape index (κ1) is 15.3. The van der Waals surface area contributed by atoms with Crippen molar-refractivity contribution in [3.05, 3.63) is 0 Å². The number of amides is 1. The summed E-state index contributed by atoms with van der Waals surface area (Å²) in [5.74, 6) is 0.753. The molecule has 0 N–H and O–H groups in total. The average Bonchev–Trinajstić information content (AvgIpc) is 2.13. The largest absolute Gasteiger partial charge is 0.444 e. The summed E-state index contributed by atoms with van der Waals surface area (Å²) in [7, 11) is 0. The van der Waals surface area contributed by atoms with Crippen molar-refractivity contribution in [2.45, 2.75) is 66.4 Å². The molecule has 3 nitrogen and oxygen atoms in total. The molecule has 0 saturated carbocycles. The number of nitrogens with zero attached hydrogens (tertiary/aromatic N) is 1. The molecule has 0 unspecified atom stereocenters. The Balaban J connectivity index is 2.37. The van der Waals surface area contributed by atoms with E-state index < -0.39 is 0 Å². The smallest absolute Gasteiger partial charge is 0.410 e. The van der Waals surface area contributed by atoms with Crippen molar-refractivity contribution in [2.24, 2.45) is 11.3 Å². The van der Waals surface area contributed by atoms with E-state index in [1.165, 1.54) is 6.42 Å². The van der Waals surface area contributed by atoms with Crippen LogP contribution in [-0.4, -0.2) is 29.7 Å². The average molecular weight is 255 g/mol. The SMILES string of the molecule is CC(C)(C)CC1CCN(C(=O)OC(C)(C)C)CC1. The summed E-state index contributed by atoms with van der Waals surface area (Å²) in [5.41, 5.74) is -0.00189. The highest BCUT2D eigenvalue weighted by Crippen LogP contribution is 2.31. The Morgan fingerprint density at radius 3 is 2.00 bits per heavy atom. The van der Waals surface area contributed by atoms with Crippen LogP contribution in [0.1, 0.15) is 60.8 Å². The summed E-state index contributed by atoms with van der Waals surface area (Å²) >= 11 is 0. The van der Waals surface area contributed by atoms with E-state index in [1.54, 1.807) is 0 Å². The van der Waals surface area contributed by atoms with E-state index in [-0.39, 0.29) is 11.7 Å². The molecule has 1 rings (SSSR count). The zero-order chi connectivity index (χ0) is 14.0. The molecule has 0 aliphatic carbocycles. The molecule has 0 radical (unpaired) electrons. The van der Waals surface area contributed by atoms with Crippen LogP contribution in [0.25, 0.3) is 0 Å². The number of carbonyl (C=O) groups is 1. The summed E-state index contributed by atoms with van der Waals surface area (Å²) in [5, 5.41) is 0. The maximum absolute atomic E-state index is 11.9. The summed E-state index contributed by atoms with van der Waals surface area (Å²) in [6.45, 7) is 14.3. The van der Waals surface area contributed by atoms with Crippen LogP contribution in [0.3, 0.4) is 0 Å². The highest BCUT2D eigenvalue weighted by molar-refractivity contribution is 5.68. The number of rotatable bonds is 1. The Morgan fingerprint density at radius 2 is 1.61 bits per heavy atom. The van der Waals surface area contributed by atoms with Crippen LogP contribution in [-0.2, 0) is 4.74 Å². The Labute approximate surface area is 112 Å². The highest BCUT2D eigenvalue weighted by atomic mass is 16.6. The molecule has 1 heterocycles. The molecule has 0 bridgehead atoms. The van der Waals surface area contributed by atoms with Crippen LogP contribution in [0.15, 0.2) is 0 Å². The molecule has 18 heavy (non-hydrogen) atoms. The van der Waals surface area contributed by atoms with Gasteiger partial charge in [-0.1, -0.05) is 20.8 Å². The molecule has 0 aromatic carbocycles. The van der Waals surface area contributed by atoms with Crippen molar-refractivity contribution < 1.29 is 9.53 Å². The normalized spacial score (nSPS) is 18.9. The molecular formula is C15H29NO2. The third-order valence-corrected chi connectivity index (χ3v) is 3.17. The van der Waals surface area contributed by atoms with E-state index in [9.17, 15) is 4.79 Å². The van der Waals surface area contributed by atoms with Gasteiger partial charge in [0, 0.05) is 13.1 Å². The fraction of sp³-hybridized carbons (Fsp3) is 0.933. The van der Waals surface area contributed by atoms with Crippen molar-refractivity contribution in [2.75, 3.05) is 13.1 Å². The van der Waals surface area contributed by atoms with Gasteiger partial charge in [0.2, 0.25) is 0 Å². The minimum Gasteiger partial charge on any atom is -0.444 e. The summed E-state index contributed by atoms with van der Waals surface area (Å²) < 4.78 is 5.40. The molecule has 0 aromatic heterocycles. The third-order valence-electron chi connectivity index (χ3n) is 3.17. The molecule has 1 fully saturated rings. The number of hydrogen-bond acceptors (Lipinski definition) is 2. The van der Waals surface area contributed by atoms with Gasteiger partial charge in [0.15, 0.2) is 0 Å². The lowest BCUT2D eigenvalue weighted by Crippen LogP contribution is -2.42. The number of ether oxygens (including phenoxy) is 1. The van der Waals surface area contributed by atoms with Crippen LogP contribution < -0.4 is 0 Å². The molecule has 1 saturated heterocycles. The Morgan fingerprint density at radius 1 is 1.11 bits per heavy atom. The Bertz CT molecular complexity index is 278. The van der Waals surface area contributed by atoms with Crippen molar-refractivity contribution in [3.63, 3.8) is 0 Å². The Kier molecular flexibility index (Phi) is 4.68. The summed E-state index contributed by atoms with van der Waals surface area (Å²) in [6, 6.07) is 0. The first-order valence-corrected chi connectivity index (χ1v) is 7.05. The maximum atomic E-state index is 11.9. The number of likely N-dealkylation sites (tertiary alicyclic amines) is 1. The molecule has 106 valence electrons. The number of hydrogen-bond donors (Lipinski definition) is 0. The van der Waals surface area contributed by atoms with Gasteiger partial charge in [-0.25, -0.2) is 4.79 Å². The lowest BCUT2D eigenvalue weighted by molar-refractivity contribution is 0.0170. The summed E-state index contributed by atoms with van der Waals surface area (Å²) in [6.07, 6.45) is 3.30. The van der Waals surface area contributed by atoms with E-state index in [2.05, 4.69) is 20.8 Å². The number of carbonyl (C=O) groups excluding carboxylic acids is 1. The molecule has 0 spiro atoms. The lowest BCUT2D eigenvalue weighted by atomic mass is 9.80. The van der Waals surface area contributed by atoms with Crippen LogP contribution in [0.2, 0.25) is 0 Å². The van der Waals surface area contributed by atoms with Crippen LogP contribution >= 0.6 is 0 Å². The zero-order valence-electron chi connectivity index (χ0n) is 12.9. The minimum atomic E-state index is -0.390. The molecule has 1 aliphatic rings. The van der Waals surface area contributed by atoms with Gasteiger partial charge in [0.25, 0.3) is 0 Å². The van der Waals surface area contributed by atoms with Gasteiger partial charge in [0.1, 0.15) is 5.60 Å². The standard InChI is InChI=1S/C15H29NO2/c1-14(2,3)11-12-7-9-16(10-8-12)13(17)18-15(4,5)6/h12H,7-11H2,1-6H3. The quantitative estimate of drug-likeness (QED) is 0.707. The van der Waals surface area contributed by atoms with Gasteiger partial charge in [-0.05, 0) is 51.4 Å². The Hall–Kier alpha value is -0.730. The maximum Gasteiger partial charge on any atom is 0.410 e. The van der Waals surface area contributed by atoms with E-state index >= 15 is 0 Å². The summed E-state index contributed by atoms with van der Waals surface area (Å²) in [4.78, 5) is 13.8. The second-order valence-corrected chi connectivity index (χ2v) is 7.68. The van der Waals surface area contributed by atoms with Crippen molar-refractivity contribution >= 4 is 6.09 Å². The van der Waals surface area contributed by atoms with E-state index in [0.29, 0.717) is 5.41 Å². The van der Waals surface area contributed by atoms with Gasteiger partial charge >= 0.3 is 6.09 Å². The van der Waals surface area contributed by atoms with Gasteiger partial charge < -0.3 is 9.64 Å². The van der Waals surface area contributed by atoms with Gasteiger partial charge in [0.05, 0.1) is 0 Å². The van der Waals surface area contributed by atoms with Crippen LogP contribution in [0.4, 0.5) is 4.79 Å². The van der Waals surface area contributed by atoms with Crippen LogP contribution in [0, 0.1) is 11.3 Å². The monoisotopic (exact) mass is 255 g/mol. The minimum absolute atomic E-state index is 0.156. The highest BCUT2D eigenvalue weighted by Gasteiger charge is 2.28. The molecule has 0 atom stereocenters. The first-order chi connectivity index (χ1) is 8.07. The predicted molar refractivity (Wildman–Crippen MR) is 74.6 cm³/mol. The predicted octanol–water partition coefficient (Wildman–Crippen LogP) is 4.07. The molecular weight excluding hydrogens is 226 g/mol. The first-order valence-electron chi connectivity index (χ1n) is 7.05. The third kappa shape index (κ3) is 5.74. The fourth-order valence-electron chi connectivity index (χ4n) is 2.51. The van der Waals surface area contributed by atoms with Gasteiger partial charge in [-0.3, -0.25) is 0 Å². The fourth-order valence-corrected chi connectivity index (χ4v) is 2.51. The second-order valence-electron chi connectivity index (χ2n) is 7.68. The van der Waals surface area contributed by atoms with E-state index in [1.807, 2.05) is 25.7 Å².